The number of anilines is 1. The lowest BCUT2D eigenvalue weighted by atomic mass is 9.47. The smallest absolute Gasteiger partial charge is 0.271 e. The molecular weight excluding hydrogens is 582 g/mol. The van der Waals surface area contributed by atoms with E-state index < -0.39 is 23.2 Å². The second kappa shape index (κ2) is 9.52. The number of hydrazone groups is 1. The summed E-state index contributed by atoms with van der Waals surface area (Å²) in [6.07, 6.45) is 1.66. The molecule has 0 unspecified atom stereocenters. The predicted octanol–water partition coefficient (Wildman–Crippen LogP) is 5.42. The maximum atomic E-state index is 14.4. The molecule has 2 bridgehead atoms. The topological polar surface area (TPSA) is 88.1 Å². The molecule has 0 aromatic heterocycles. The number of hydrogen-bond donors (Lipinski definition) is 1. The van der Waals surface area contributed by atoms with Gasteiger partial charge >= 0.3 is 0 Å². The summed E-state index contributed by atoms with van der Waals surface area (Å²) in [6.45, 7) is 0. The Bertz CT molecular complexity index is 1700. The van der Waals surface area contributed by atoms with Crippen molar-refractivity contribution in [2.45, 2.75) is 11.3 Å². The average Bonchev–Trinajstić information content (AvgIpc) is 3.28. The normalized spacial score (nSPS) is 23.8. The molecule has 4 aromatic rings. The summed E-state index contributed by atoms with van der Waals surface area (Å²) in [5, 5.41) is 4.46. The Morgan fingerprint density at radius 2 is 1.49 bits per heavy atom. The molecule has 1 N–H and O–H groups in total. The lowest BCUT2D eigenvalue weighted by Crippen LogP contribution is -2.54. The molecule has 2 atom stereocenters. The largest absolute Gasteiger partial charge is 0.497 e. The summed E-state index contributed by atoms with van der Waals surface area (Å²) in [4.78, 5) is 42.9. The zero-order valence-corrected chi connectivity index (χ0v) is 23.5. The van der Waals surface area contributed by atoms with Crippen molar-refractivity contribution in [2.75, 3.05) is 12.0 Å². The van der Waals surface area contributed by atoms with E-state index in [0.29, 0.717) is 17.0 Å². The van der Waals surface area contributed by atoms with Crippen molar-refractivity contribution in [1.82, 2.24) is 5.43 Å². The van der Waals surface area contributed by atoms with E-state index in [1.807, 2.05) is 60.7 Å². The van der Waals surface area contributed by atoms with Gasteiger partial charge in [0, 0.05) is 22.2 Å². The molecule has 41 heavy (non-hydrogen) atoms. The van der Waals surface area contributed by atoms with Gasteiger partial charge in [-0.3, -0.25) is 14.4 Å². The first-order valence-electron chi connectivity index (χ1n) is 13.3. The Kier molecular flexibility index (Phi) is 5.90. The highest BCUT2D eigenvalue weighted by Gasteiger charge is 2.68. The van der Waals surface area contributed by atoms with Gasteiger partial charge in [0.15, 0.2) is 0 Å². The molecule has 1 saturated heterocycles. The minimum Gasteiger partial charge on any atom is -0.497 e. The van der Waals surface area contributed by atoms with Crippen molar-refractivity contribution < 1.29 is 19.1 Å². The van der Waals surface area contributed by atoms with Crippen LogP contribution in [0.4, 0.5) is 5.69 Å². The van der Waals surface area contributed by atoms with E-state index >= 15 is 0 Å². The van der Waals surface area contributed by atoms with E-state index in [2.05, 4.69) is 26.5 Å². The Labute approximate surface area is 245 Å². The van der Waals surface area contributed by atoms with Crippen LogP contribution in [0.1, 0.15) is 38.5 Å². The lowest BCUT2D eigenvalue weighted by Gasteiger charge is -2.52. The second-order valence-corrected chi connectivity index (χ2v) is 11.4. The highest BCUT2D eigenvalue weighted by molar-refractivity contribution is 9.10. The van der Waals surface area contributed by atoms with E-state index in [0.717, 1.165) is 26.7 Å². The van der Waals surface area contributed by atoms with Crippen LogP contribution in [-0.2, 0) is 15.0 Å². The minimum absolute atomic E-state index is 0.226. The summed E-state index contributed by atoms with van der Waals surface area (Å²) in [5.41, 5.74) is 6.38. The van der Waals surface area contributed by atoms with Crippen LogP contribution in [0.5, 0.6) is 5.75 Å². The van der Waals surface area contributed by atoms with Crippen LogP contribution in [-0.4, -0.2) is 31.0 Å². The number of benzene rings is 4. The van der Waals surface area contributed by atoms with Crippen LogP contribution in [0.25, 0.3) is 0 Å². The van der Waals surface area contributed by atoms with Gasteiger partial charge in [-0.15, -0.1) is 0 Å². The van der Waals surface area contributed by atoms with Gasteiger partial charge in [0.1, 0.15) is 5.75 Å². The zero-order valence-electron chi connectivity index (χ0n) is 22.0. The number of rotatable bonds is 5. The van der Waals surface area contributed by atoms with Crippen molar-refractivity contribution in [2.24, 2.45) is 16.9 Å². The number of hydrogen-bond acceptors (Lipinski definition) is 5. The monoisotopic (exact) mass is 605 g/mol. The molecule has 1 heterocycles. The molecule has 4 aromatic carbocycles. The standard InChI is InChI=1S/C33H24BrN3O4/c1-41-22-16-10-19(11-17-22)30(38)36-35-18-33-25-8-4-2-6-23(25)27(24-7-3-5-9-26(24)33)28-29(33)32(40)37(31(28)39)21-14-12-20(34)13-15-21/h2-18,27-29H,1H3,(H,36,38)/b35-18+/t27?,28-,29-,33?/m1/s1. The van der Waals surface area contributed by atoms with Crippen molar-refractivity contribution in [3.63, 3.8) is 0 Å². The molecule has 3 amide bonds. The van der Waals surface area contributed by atoms with E-state index in [-0.39, 0.29) is 17.7 Å². The van der Waals surface area contributed by atoms with Crippen LogP contribution in [0.3, 0.4) is 0 Å². The van der Waals surface area contributed by atoms with Crippen molar-refractivity contribution >= 4 is 45.6 Å². The molecule has 0 saturated carbocycles. The quantitative estimate of drug-likeness (QED) is 0.187. The number of ether oxygens (including phenoxy) is 1. The van der Waals surface area contributed by atoms with Crippen LogP contribution < -0.4 is 15.1 Å². The van der Waals surface area contributed by atoms with Gasteiger partial charge in [-0.05, 0) is 70.8 Å². The summed E-state index contributed by atoms with van der Waals surface area (Å²) in [5.74, 6) is -1.86. The average molecular weight is 606 g/mol. The highest BCUT2D eigenvalue weighted by atomic mass is 79.9. The summed E-state index contributed by atoms with van der Waals surface area (Å²) >= 11 is 3.44. The fourth-order valence-electron chi connectivity index (χ4n) is 6.89. The highest BCUT2D eigenvalue weighted by Crippen LogP contribution is 2.63. The maximum Gasteiger partial charge on any atom is 0.271 e. The molecular formula is C33H24BrN3O4. The van der Waals surface area contributed by atoms with Crippen molar-refractivity contribution in [3.8, 4) is 5.75 Å². The number of nitrogens with zero attached hydrogens (tertiary/aromatic N) is 2. The maximum absolute atomic E-state index is 14.4. The molecule has 7 nitrogen and oxygen atoms in total. The number of amides is 3. The van der Waals surface area contributed by atoms with Gasteiger partial charge in [-0.25, -0.2) is 10.3 Å². The Balaban J connectivity index is 1.37. The molecule has 8 rings (SSSR count). The van der Waals surface area contributed by atoms with E-state index in [4.69, 9.17) is 4.74 Å². The van der Waals surface area contributed by atoms with E-state index in [9.17, 15) is 14.4 Å². The lowest BCUT2D eigenvalue weighted by molar-refractivity contribution is -0.122. The van der Waals surface area contributed by atoms with Gasteiger partial charge in [0.25, 0.3) is 5.91 Å². The summed E-state index contributed by atoms with van der Waals surface area (Å²) in [7, 11) is 1.56. The first-order chi connectivity index (χ1) is 20.0. The molecule has 4 aliphatic rings. The van der Waals surface area contributed by atoms with Crippen LogP contribution in [0.15, 0.2) is 107 Å². The van der Waals surface area contributed by atoms with Gasteiger partial charge in [0.2, 0.25) is 11.8 Å². The molecule has 1 fully saturated rings. The van der Waals surface area contributed by atoms with Gasteiger partial charge < -0.3 is 4.74 Å². The number of carbonyl (C=O) groups excluding carboxylic acids is 3. The summed E-state index contributed by atoms with van der Waals surface area (Å²) < 4.78 is 6.04. The van der Waals surface area contributed by atoms with Gasteiger partial charge in [-0.1, -0.05) is 64.5 Å². The van der Waals surface area contributed by atoms with Crippen LogP contribution in [0.2, 0.25) is 0 Å². The Hall–Kier alpha value is -4.56. The third kappa shape index (κ3) is 3.63. The van der Waals surface area contributed by atoms with Crippen LogP contribution >= 0.6 is 15.9 Å². The number of methoxy groups -OCH3 is 1. The molecule has 0 spiro atoms. The third-order valence-corrected chi connectivity index (χ3v) is 9.08. The van der Waals surface area contributed by atoms with E-state index in [1.54, 1.807) is 49.7 Å². The first-order valence-corrected chi connectivity index (χ1v) is 14.1. The molecule has 3 aliphatic carbocycles. The Morgan fingerprint density at radius 1 is 0.878 bits per heavy atom. The zero-order chi connectivity index (χ0) is 28.3. The second-order valence-electron chi connectivity index (χ2n) is 10.4. The van der Waals surface area contributed by atoms with Crippen LogP contribution in [0, 0.1) is 11.8 Å². The fraction of sp³-hybridized carbons (Fsp3) is 0.152. The first kappa shape index (κ1) is 25.4. The fourth-order valence-corrected chi connectivity index (χ4v) is 7.16. The van der Waals surface area contributed by atoms with Gasteiger partial charge in [0.05, 0.1) is 30.0 Å². The van der Waals surface area contributed by atoms with Crippen molar-refractivity contribution in [1.29, 1.82) is 0 Å². The number of carbonyl (C=O) groups is 3. The molecule has 0 radical (unpaired) electrons. The predicted molar refractivity (Wildman–Crippen MR) is 158 cm³/mol. The molecule has 8 heteroatoms. The summed E-state index contributed by atoms with van der Waals surface area (Å²) in [6, 6.07) is 29.8. The van der Waals surface area contributed by atoms with Crippen molar-refractivity contribution in [3.05, 3.63) is 129 Å². The minimum atomic E-state index is -1.06. The third-order valence-electron chi connectivity index (χ3n) is 8.56. The number of halogens is 1. The van der Waals surface area contributed by atoms with Gasteiger partial charge in [-0.2, -0.15) is 5.10 Å². The number of nitrogens with one attached hydrogen (secondary N) is 1. The Morgan fingerprint density at radius 3 is 2.10 bits per heavy atom. The SMILES string of the molecule is COc1ccc(C(=O)N/N=C/C23c4ccccc4C(c4ccccc42)[C@H]2C(=O)N(c4ccc(Br)cc4)C(=O)[C@@H]23)cc1. The number of imide groups is 1. The van der Waals surface area contributed by atoms with E-state index in [1.165, 1.54) is 4.90 Å². The molecule has 202 valence electrons. The molecule has 1 aliphatic heterocycles.